The van der Waals surface area contributed by atoms with Gasteiger partial charge in [-0.2, -0.15) is 0 Å². The van der Waals surface area contributed by atoms with E-state index in [0.29, 0.717) is 6.04 Å². The molecule has 1 aliphatic rings. The van der Waals surface area contributed by atoms with Gasteiger partial charge < -0.3 is 5.32 Å². The first-order valence-corrected chi connectivity index (χ1v) is 8.26. The van der Waals surface area contributed by atoms with Crippen LogP contribution < -0.4 is 5.32 Å². The van der Waals surface area contributed by atoms with Crippen LogP contribution in [-0.4, -0.2) is 35.1 Å². The Morgan fingerprint density at radius 2 is 2.32 bits per heavy atom. The fraction of sp³-hybridized carbons (Fsp3) is 0.800. The number of likely N-dealkylation sites (tertiary alicyclic amines) is 1. The van der Waals surface area contributed by atoms with Crippen LogP contribution in [-0.2, 0) is 0 Å². The smallest absolute Gasteiger partial charge is 0.110 e. The first-order chi connectivity index (χ1) is 8.99. The van der Waals surface area contributed by atoms with E-state index < -0.39 is 0 Å². The highest BCUT2D eigenvalue weighted by Crippen LogP contribution is 2.31. The molecule has 0 bridgehead atoms. The molecule has 3 nitrogen and oxygen atoms in total. The summed E-state index contributed by atoms with van der Waals surface area (Å²) in [6.45, 7) is 12.6. The minimum atomic E-state index is 0.229. The molecule has 0 saturated carbocycles. The first-order valence-electron chi connectivity index (χ1n) is 7.38. The number of nitrogens with one attached hydrogen (secondary N) is 1. The Kier molecular flexibility index (Phi) is 4.98. The summed E-state index contributed by atoms with van der Waals surface area (Å²) in [4.78, 5) is 7.12. The van der Waals surface area contributed by atoms with Gasteiger partial charge in [0.05, 0.1) is 6.04 Å². The molecule has 1 fully saturated rings. The van der Waals surface area contributed by atoms with Gasteiger partial charge >= 0.3 is 0 Å². The molecule has 0 amide bonds. The number of nitrogens with zero attached hydrogens (tertiary/aromatic N) is 2. The van der Waals surface area contributed by atoms with Crippen molar-refractivity contribution in [3.63, 3.8) is 0 Å². The molecule has 2 atom stereocenters. The third kappa shape index (κ3) is 4.26. The summed E-state index contributed by atoms with van der Waals surface area (Å²) in [7, 11) is 0. The quantitative estimate of drug-likeness (QED) is 0.897. The lowest BCUT2D eigenvalue weighted by molar-refractivity contribution is 0.227. The predicted molar refractivity (Wildman–Crippen MR) is 82.6 cm³/mol. The van der Waals surface area contributed by atoms with Crippen molar-refractivity contribution < 1.29 is 0 Å². The maximum absolute atomic E-state index is 4.50. The zero-order valence-corrected chi connectivity index (χ0v) is 13.5. The van der Waals surface area contributed by atoms with Crippen molar-refractivity contribution in [2.45, 2.75) is 52.1 Å². The second kappa shape index (κ2) is 6.33. The normalized spacial score (nSPS) is 22.8. The first kappa shape index (κ1) is 14.9. The molecule has 0 aromatic carbocycles. The second-order valence-electron chi connectivity index (χ2n) is 6.57. The van der Waals surface area contributed by atoms with Crippen molar-refractivity contribution in [1.82, 2.24) is 15.2 Å². The Morgan fingerprint density at radius 1 is 1.53 bits per heavy atom. The number of hydrogen-bond donors (Lipinski definition) is 1. The van der Waals surface area contributed by atoms with E-state index in [9.17, 15) is 0 Å². The van der Waals surface area contributed by atoms with Crippen molar-refractivity contribution in [2.75, 3.05) is 19.6 Å². The van der Waals surface area contributed by atoms with Gasteiger partial charge in [0.15, 0.2) is 0 Å². The van der Waals surface area contributed by atoms with Crippen LogP contribution >= 0.6 is 11.3 Å². The Hall–Kier alpha value is -0.450. The van der Waals surface area contributed by atoms with Crippen LogP contribution in [0, 0.1) is 5.92 Å². The third-order valence-electron chi connectivity index (χ3n) is 3.80. The lowest BCUT2D eigenvalue weighted by Gasteiger charge is -2.26. The molecule has 1 aliphatic heterocycles. The van der Waals surface area contributed by atoms with Gasteiger partial charge in [-0.05, 0) is 52.6 Å². The van der Waals surface area contributed by atoms with Crippen molar-refractivity contribution in [3.8, 4) is 0 Å². The van der Waals surface area contributed by atoms with Gasteiger partial charge in [0.2, 0.25) is 0 Å². The summed E-state index contributed by atoms with van der Waals surface area (Å²) in [6, 6.07) is 0.527. The monoisotopic (exact) mass is 281 g/mol. The van der Waals surface area contributed by atoms with Gasteiger partial charge in [-0.3, -0.25) is 4.90 Å². The molecule has 2 rings (SSSR count). The van der Waals surface area contributed by atoms with Crippen LogP contribution in [0.1, 0.15) is 51.6 Å². The maximum atomic E-state index is 4.50. The van der Waals surface area contributed by atoms with E-state index in [4.69, 9.17) is 0 Å². The summed E-state index contributed by atoms with van der Waals surface area (Å²) < 4.78 is 0. The molecule has 2 heterocycles. The van der Waals surface area contributed by atoms with E-state index in [1.807, 2.05) is 6.20 Å². The van der Waals surface area contributed by atoms with E-state index in [-0.39, 0.29) is 5.54 Å². The Bertz CT molecular complexity index is 369. The summed E-state index contributed by atoms with van der Waals surface area (Å²) in [6.07, 6.45) is 4.40. The zero-order valence-electron chi connectivity index (χ0n) is 12.6. The molecule has 1 aromatic heterocycles. The molecule has 0 radical (unpaired) electrons. The van der Waals surface area contributed by atoms with Gasteiger partial charge in [0.1, 0.15) is 5.01 Å². The van der Waals surface area contributed by atoms with Gasteiger partial charge in [-0.15, -0.1) is 11.3 Å². The average molecular weight is 281 g/mol. The van der Waals surface area contributed by atoms with Crippen LogP contribution in [0.4, 0.5) is 0 Å². The summed E-state index contributed by atoms with van der Waals surface area (Å²) >= 11 is 1.79. The molecule has 0 spiro atoms. The molecular formula is C15H27N3S. The van der Waals surface area contributed by atoms with E-state index in [1.165, 1.54) is 24.5 Å². The fourth-order valence-electron chi connectivity index (χ4n) is 2.75. The van der Waals surface area contributed by atoms with Gasteiger partial charge in [-0.25, -0.2) is 4.98 Å². The van der Waals surface area contributed by atoms with Crippen molar-refractivity contribution >= 4 is 11.3 Å². The van der Waals surface area contributed by atoms with Crippen molar-refractivity contribution in [2.24, 2.45) is 5.92 Å². The molecule has 0 aliphatic carbocycles. The van der Waals surface area contributed by atoms with E-state index >= 15 is 0 Å². The van der Waals surface area contributed by atoms with Gasteiger partial charge in [0, 0.05) is 23.7 Å². The number of rotatable bonds is 5. The molecule has 2 unspecified atom stereocenters. The van der Waals surface area contributed by atoms with Crippen LogP contribution in [0.5, 0.6) is 0 Å². The van der Waals surface area contributed by atoms with E-state index in [1.54, 1.807) is 11.3 Å². The molecular weight excluding hydrogens is 254 g/mol. The lowest BCUT2D eigenvalue weighted by Crippen LogP contribution is -2.39. The van der Waals surface area contributed by atoms with Crippen molar-refractivity contribution in [1.29, 1.82) is 0 Å². The Balaban J connectivity index is 1.87. The molecule has 19 heavy (non-hydrogen) atoms. The number of hydrogen-bond acceptors (Lipinski definition) is 4. The van der Waals surface area contributed by atoms with Crippen LogP contribution in [0.15, 0.2) is 11.6 Å². The molecule has 1 aromatic rings. The van der Waals surface area contributed by atoms with Gasteiger partial charge in [-0.1, -0.05) is 6.92 Å². The molecule has 108 valence electrons. The minimum Gasteiger partial charge on any atom is -0.312 e. The average Bonchev–Trinajstić information content (AvgIpc) is 2.98. The second-order valence-corrected chi connectivity index (χ2v) is 7.50. The van der Waals surface area contributed by atoms with Crippen LogP contribution in [0.3, 0.4) is 0 Å². The lowest BCUT2D eigenvalue weighted by atomic mass is 10.1. The minimum absolute atomic E-state index is 0.229. The van der Waals surface area contributed by atoms with Crippen molar-refractivity contribution in [3.05, 3.63) is 16.6 Å². The third-order valence-corrected chi connectivity index (χ3v) is 4.68. The van der Waals surface area contributed by atoms with Gasteiger partial charge in [0.25, 0.3) is 0 Å². The van der Waals surface area contributed by atoms with E-state index in [2.05, 4.69) is 48.3 Å². The summed E-state index contributed by atoms with van der Waals surface area (Å²) in [5, 5.41) is 7.01. The maximum Gasteiger partial charge on any atom is 0.110 e. The topological polar surface area (TPSA) is 28.2 Å². The Morgan fingerprint density at radius 3 is 2.89 bits per heavy atom. The standard InChI is InChI=1S/C15H27N3S/c1-5-13(14-16-7-9-19-14)18-8-6-12(11-18)10-17-15(2,3)4/h7,9,12-13,17H,5-6,8,10-11H2,1-4H3. The predicted octanol–water partition coefficient (Wildman–Crippen LogP) is 3.30. The largest absolute Gasteiger partial charge is 0.312 e. The van der Waals surface area contributed by atoms with Crippen LogP contribution in [0.25, 0.3) is 0 Å². The zero-order chi connectivity index (χ0) is 13.9. The Labute approximate surface area is 121 Å². The summed E-state index contributed by atoms with van der Waals surface area (Å²) in [5.41, 5.74) is 0.229. The molecule has 1 saturated heterocycles. The highest BCUT2D eigenvalue weighted by molar-refractivity contribution is 7.09. The summed E-state index contributed by atoms with van der Waals surface area (Å²) in [5.74, 6) is 0.785. The number of thiazole rings is 1. The number of aromatic nitrogens is 1. The molecule has 1 N–H and O–H groups in total. The highest BCUT2D eigenvalue weighted by atomic mass is 32.1. The van der Waals surface area contributed by atoms with E-state index in [0.717, 1.165) is 18.9 Å². The highest BCUT2D eigenvalue weighted by Gasteiger charge is 2.29. The molecule has 4 heteroatoms. The van der Waals surface area contributed by atoms with Crippen LogP contribution in [0.2, 0.25) is 0 Å². The fourth-order valence-corrected chi connectivity index (χ4v) is 3.61. The SMILES string of the molecule is CCC(c1nccs1)N1CCC(CNC(C)(C)C)C1.